The van der Waals surface area contributed by atoms with Crippen molar-refractivity contribution in [2.45, 2.75) is 95.6 Å². The van der Waals surface area contributed by atoms with Gasteiger partial charge in [-0.2, -0.15) is 0 Å². The molecule has 5 heteroatoms. The highest BCUT2D eigenvalue weighted by molar-refractivity contribution is 6.06. The molecule has 5 nitrogen and oxygen atoms in total. The van der Waals surface area contributed by atoms with Crippen LogP contribution in [0.2, 0.25) is 0 Å². The Labute approximate surface area is 159 Å². The van der Waals surface area contributed by atoms with Crippen molar-refractivity contribution in [2.24, 2.45) is 22.6 Å². The summed E-state index contributed by atoms with van der Waals surface area (Å²) in [7, 11) is 1.79. The number of nitrogens with zero attached hydrogens (tertiary/aromatic N) is 2. The maximum absolute atomic E-state index is 13.2. The van der Waals surface area contributed by atoms with E-state index in [1.165, 1.54) is 44.9 Å². The van der Waals surface area contributed by atoms with Gasteiger partial charge in [-0.3, -0.25) is 9.69 Å². The molecule has 3 atom stereocenters. The Morgan fingerprint density at radius 2 is 1.96 bits per heavy atom. The van der Waals surface area contributed by atoms with E-state index in [0.29, 0.717) is 17.9 Å². The minimum absolute atomic E-state index is 0.145. The van der Waals surface area contributed by atoms with Crippen molar-refractivity contribution in [3.05, 3.63) is 0 Å². The molecule has 0 aromatic heterocycles. The van der Waals surface area contributed by atoms with Gasteiger partial charge in [-0.25, -0.2) is 4.99 Å². The van der Waals surface area contributed by atoms with E-state index in [4.69, 9.17) is 10.7 Å². The fourth-order valence-electron chi connectivity index (χ4n) is 5.41. The molecule has 3 aliphatic rings. The first-order valence-corrected chi connectivity index (χ1v) is 10.9. The quantitative estimate of drug-likeness (QED) is 0.729. The third-order valence-corrected chi connectivity index (χ3v) is 7.02. The standard InChI is InChI=1S/C21H38N4O/c1-3-14-23-18-11-7-10-17(15-18)21(19(26)25(2)20(22)24-21)13-12-16-8-5-4-6-9-16/h16-18,23H,3-15H2,1-2H3,(H2,22,24)/t17?,18-,21?/m1/s1. The molecule has 0 aromatic rings. The summed E-state index contributed by atoms with van der Waals surface area (Å²) >= 11 is 0. The number of nitrogens with two attached hydrogens (primary N) is 1. The summed E-state index contributed by atoms with van der Waals surface area (Å²) in [4.78, 5) is 19.7. The molecular weight excluding hydrogens is 324 g/mol. The maximum atomic E-state index is 13.2. The van der Waals surface area contributed by atoms with Gasteiger partial charge in [-0.1, -0.05) is 45.4 Å². The monoisotopic (exact) mass is 362 g/mol. The van der Waals surface area contributed by atoms with Crippen LogP contribution in [0.3, 0.4) is 0 Å². The number of guanidine groups is 1. The van der Waals surface area contributed by atoms with Crippen LogP contribution in [0.4, 0.5) is 0 Å². The first kappa shape index (κ1) is 19.7. The zero-order valence-electron chi connectivity index (χ0n) is 16.8. The molecule has 3 rings (SSSR count). The Morgan fingerprint density at radius 1 is 1.19 bits per heavy atom. The van der Waals surface area contributed by atoms with Gasteiger partial charge >= 0.3 is 0 Å². The molecule has 148 valence electrons. The van der Waals surface area contributed by atoms with Crippen LogP contribution in [0.5, 0.6) is 0 Å². The SMILES string of the molecule is CCCN[C@@H]1CCCC(C2(CCC3CCCCC3)N=C(N)N(C)C2=O)C1. The Hall–Kier alpha value is -1.10. The zero-order valence-corrected chi connectivity index (χ0v) is 16.8. The third kappa shape index (κ3) is 4.08. The number of nitrogens with one attached hydrogen (secondary N) is 1. The average molecular weight is 363 g/mol. The number of hydrogen-bond acceptors (Lipinski definition) is 4. The molecule has 2 fully saturated rings. The molecule has 26 heavy (non-hydrogen) atoms. The number of likely N-dealkylation sites (N-methyl/N-ethyl adjacent to an activating group) is 1. The molecule has 0 saturated heterocycles. The van der Waals surface area contributed by atoms with E-state index in [0.717, 1.165) is 44.6 Å². The van der Waals surface area contributed by atoms with E-state index in [1.807, 2.05) is 0 Å². The van der Waals surface area contributed by atoms with Crippen LogP contribution in [0.25, 0.3) is 0 Å². The number of amides is 1. The van der Waals surface area contributed by atoms with E-state index in [2.05, 4.69) is 12.2 Å². The second-order valence-corrected chi connectivity index (χ2v) is 8.82. The highest BCUT2D eigenvalue weighted by atomic mass is 16.2. The number of rotatable bonds is 7. The average Bonchev–Trinajstić information content (AvgIpc) is 2.90. The summed E-state index contributed by atoms with van der Waals surface area (Å²) in [6, 6.07) is 0.524. The molecule has 2 unspecified atom stereocenters. The Kier molecular flexibility index (Phi) is 6.60. The van der Waals surface area contributed by atoms with Gasteiger partial charge in [0.15, 0.2) is 5.96 Å². The molecule has 1 heterocycles. The molecule has 0 aromatic carbocycles. The summed E-state index contributed by atoms with van der Waals surface area (Å²) in [5.41, 5.74) is 5.52. The maximum Gasteiger partial charge on any atom is 0.257 e. The smallest absolute Gasteiger partial charge is 0.257 e. The molecule has 2 saturated carbocycles. The van der Waals surface area contributed by atoms with Gasteiger partial charge in [0.1, 0.15) is 5.54 Å². The van der Waals surface area contributed by atoms with Crippen molar-refractivity contribution in [3.63, 3.8) is 0 Å². The van der Waals surface area contributed by atoms with Crippen molar-refractivity contribution in [2.75, 3.05) is 13.6 Å². The van der Waals surface area contributed by atoms with Crippen LogP contribution < -0.4 is 11.1 Å². The van der Waals surface area contributed by atoms with Crippen LogP contribution in [-0.2, 0) is 4.79 Å². The fourth-order valence-corrected chi connectivity index (χ4v) is 5.41. The molecule has 0 bridgehead atoms. The summed E-state index contributed by atoms with van der Waals surface area (Å²) in [5, 5.41) is 3.68. The van der Waals surface area contributed by atoms with Crippen molar-refractivity contribution in [1.29, 1.82) is 0 Å². The highest BCUT2D eigenvalue weighted by Crippen LogP contribution is 2.43. The van der Waals surface area contributed by atoms with Gasteiger partial charge in [0.25, 0.3) is 5.91 Å². The lowest BCUT2D eigenvalue weighted by Crippen LogP contribution is -2.50. The van der Waals surface area contributed by atoms with Gasteiger partial charge in [0.2, 0.25) is 0 Å². The lowest BCUT2D eigenvalue weighted by molar-refractivity contribution is -0.133. The predicted molar refractivity (Wildman–Crippen MR) is 107 cm³/mol. The van der Waals surface area contributed by atoms with E-state index in [1.54, 1.807) is 11.9 Å². The molecular formula is C21H38N4O. The van der Waals surface area contributed by atoms with Crippen LogP contribution in [0.1, 0.15) is 84.0 Å². The van der Waals surface area contributed by atoms with E-state index in [9.17, 15) is 4.79 Å². The van der Waals surface area contributed by atoms with Gasteiger partial charge in [-0.15, -0.1) is 0 Å². The van der Waals surface area contributed by atoms with Crippen molar-refractivity contribution >= 4 is 11.9 Å². The molecule has 0 radical (unpaired) electrons. The van der Waals surface area contributed by atoms with Crippen molar-refractivity contribution < 1.29 is 4.79 Å². The summed E-state index contributed by atoms with van der Waals surface area (Å²) in [6.45, 7) is 3.27. The largest absolute Gasteiger partial charge is 0.369 e. The second-order valence-electron chi connectivity index (χ2n) is 8.82. The summed E-state index contributed by atoms with van der Waals surface area (Å²) in [5.74, 6) is 1.66. The van der Waals surface area contributed by atoms with Gasteiger partial charge in [-0.05, 0) is 56.9 Å². The Bertz CT molecular complexity index is 514. The first-order valence-electron chi connectivity index (χ1n) is 10.9. The van der Waals surface area contributed by atoms with Crippen LogP contribution >= 0.6 is 0 Å². The summed E-state index contributed by atoms with van der Waals surface area (Å²) < 4.78 is 0. The molecule has 1 amide bonds. The van der Waals surface area contributed by atoms with Crippen LogP contribution in [-0.4, -0.2) is 41.9 Å². The number of aliphatic imine (C=N–C) groups is 1. The van der Waals surface area contributed by atoms with Crippen molar-refractivity contribution in [1.82, 2.24) is 10.2 Å². The molecule has 3 N–H and O–H groups in total. The van der Waals surface area contributed by atoms with Crippen LogP contribution in [0, 0.1) is 11.8 Å². The lowest BCUT2D eigenvalue weighted by atomic mass is 9.69. The summed E-state index contributed by atoms with van der Waals surface area (Å²) in [6.07, 6.45) is 14.5. The number of carbonyl (C=O) groups is 1. The predicted octanol–water partition coefficient (Wildman–Crippen LogP) is 3.43. The third-order valence-electron chi connectivity index (χ3n) is 7.02. The topological polar surface area (TPSA) is 70.7 Å². The minimum Gasteiger partial charge on any atom is -0.369 e. The van der Waals surface area contributed by atoms with Gasteiger partial charge in [0, 0.05) is 13.1 Å². The normalized spacial score (nSPS) is 33.5. The van der Waals surface area contributed by atoms with E-state index >= 15 is 0 Å². The number of carbonyl (C=O) groups excluding carboxylic acids is 1. The van der Waals surface area contributed by atoms with Gasteiger partial charge in [0.05, 0.1) is 0 Å². The Balaban J connectivity index is 1.73. The minimum atomic E-state index is -0.594. The molecule has 2 aliphatic carbocycles. The fraction of sp³-hybridized carbons (Fsp3) is 0.905. The van der Waals surface area contributed by atoms with E-state index in [-0.39, 0.29) is 5.91 Å². The Morgan fingerprint density at radius 3 is 2.62 bits per heavy atom. The van der Waals surface area contributed by atoms with Crippen LogP contribution in [0.15, 0.2) is 4.99 Å². The first-order chi connectivity index (χ1) is 12.6. The highest BCUT2D eigenvalue weighted by Gasteiger charge is 2.52. The second kappa shape index (κ2) is 8.73. The lowest BCUT2D eigenvalue weighted by Gasteiger charge is -2.40. The zero-order chi connectivity index (χ0) is 18.6. The van der Waals surface area contributed by atoms with Gasteiger partial charge < -0.3 is 11.1 Å². The van der Waals surface area contributed by atoms with E-state index < -0.39 is 5.54 Å². The van der Waals surface area contributed by atoms with Crippen molar-refractivity contribution in [3.8, 4) is 0 Å². The molecule has 0 spiro atoms. The number of hydrogen-bond donors (Lipinski definition) is 2. The molecule has 1 aliphatic heterocycles.